The number of hydrogen-bond donors (Lipinski definition) is 1. The zero-order valence-electron chi connectivity index (χ0n) is 16.1. The van der Waals surface area contributed by atoms with Crippen molar-refractivity contribution in [2.24, 2.45) is 0 Å². The molecule has 0 radical (unpaired) electrons. The molecule has 0 aliphatic heterocycles. The maximum atomic E-state index is 14.5. The smallest absolute Gasteiger partial charge is 0.168 e. The van der Waals surface area contributed by atoms with E-state index in [0.29, 0.717) is 11.6 Å². The Kier molecular flexibility index (Phi) is 4.80. The Morgan fingerprint density at radius 2 is 1.72 bits per heavy atom. The fraction of sp³-hybridized carbons (Fsp3) is 0.280. The highest BCUT2D eigenvalue weighted by Crippen LogP contribution is 2.48. The second-order valence-corrected chi connectivity index (χ2v) is 7.99. The van der Waals surface area contributed by atoms with Gasteiger partial charge in [0.2, 0.25) is 0 Å². The molecule has 1 N–H and O–H groups in total. The molecule has 0 spiro atoms. The second-order valence-electron chi connectivity index (χ2n) is 7.99. The SMILES string of the molecule is Fc1cc(F)c(OCc2ccccc2)c(C2CC2NC2CCc3ccccc32)c1. The fourth-order valence-corrected chi connectivity index (χ4v) is 4.45. The van der Waals surface area contributed by atoms with Gasteiger partial charge in [-0.2, -0.15) is 0 Å². The summed E-state index contributed by atoms with van der Waals surface area (Å²) in [6.07, 6.45) is 3.01. The quantitative estimate of drug-likeness (QED) is 0.584. The van der Waals surface area contributed by atoms with Crippen LogP contribution in [0.25, 0.3) is 0 Å². The van der Waals surface area contributed by atoms with Crippen molar-refractivity contribution in [1.29, 1.82) is 0 Å². The minimum atomic E-state index is -0.632. The van der Waals surface area contributed by atoms with Gasteiger partial charge in [0.25, 0.3) is 0 Å². The van der Waals surface area contributed by atoms with Crippen LogP contribution in [0.4, 0.5) is 8.78 Å². The van der Waals surface area contributed by atoms with Gasteiger partial charge in [-0.1, -0.05) is 54.6 Å². The molecule has 0 bridgehead atoms. The van der Waals surface area contributed by atoms with Gasteiger partial charge in [-0.25, -0.2) is 8.78 Å². The molecule has 29 heavy (non-hydrogen) atoms. The fourth-order valence-electron chi connectivity index (χ4n) is 4.45. The van der Waals surface area contributed by atoms with Crippen LogP contribution in [0, 0.1) is 11.6 Å². The summed E-state index contributed by atoms with van der Waals surface area (Å²) in [5.74, 6) is -0.940. The van der Waals surface area contributed by atoms with Crippen LogP contribution in [0.3, 0.4) is 0 Å². The Hall–Kier alpha value is -2.72. The first-order valence-corrected chi connectivity index (χ1v) is 10.2. The van der Waals surface area contributed by atoms with Crippen LogP contribution in [-0.2, 0) is 13.0 Å². The molecule has 1 saturated carbocycles. The number of halogens is 2. The number of aryl methyl sites for hydroxylation is 1. The lowest BCUT2D eigenvalue weighted by Gasteiger charge is -2.16. The first-order chi connectivity index (χ1) is 14.2. The summed E-state index contributed by atoms with van der Waals surface area (Å²) in [6.45, 7) is 0.261. The number of fused-ring (bicyclic) bond motifs is 1. The molecule has 0 saturated heterocycles. The summed E-state index contributed by atoms with van der Waals surface area (Å²) >= 11 is 0. The van der Waals surface area contributed by atoms with Crippen LogP contribution in [0.5, 0.6) is 5.75 Å². The van der Waals surface area contributed by atoms with Crippen LogP contribution in [-0.4, -0.2) is 6.04 Å². The van der Waals surface area contributed by atoms with Crippen molar-refractivity contribution in [3.63, 3.8) is 0 Å². The molecule has 0 amide bonds. The lowest BCUT2D eigenvalue weighted by molar-refractivity contribution is 0.285. The molecule has 148 valence electrons. The number of benzene rings is 3. The van der Waals surface area contributed by atoms with Crippen LogP contribution in [0.1, 0.15) is 47.1 Å². The van der Waals surface area contributed by atoms with E-state index in [0.717, 1.165) is 30.9 Å². The zero-order valence-corrected chi connectivity index (χ0v) is 16.1. The summed E-state index contributed by atoms with van der Waals surface area (Å²) in [5.41, 5.74) is 4.33. The average molecular weight is 391 g/mol. The van der Waals surface area contributed by atoms with Crippen molar-refractivity contribution in [3.8, 4) is 5.75 Å². The highest BCUT2D eigenvalue weighted by molar-refractivity contribution is 5.43. The predicted molar refractivity (Wildman–Crippen MR) is 109 cm³/mol. The Bertz CT molecular complexity index is 1020. The Labute approximate surface area is 169 Å². The number of rotatable bonds is 6. The van der Waals surface area contributed by atoms with Gasteiger partial charge in [-0.05, 0) is 42.0 Å². The van der Waals surface area contributed by atoms with Crippen molar-refractivity contribution in [2.75, 3.05) is 0 Å². The molecule has 5 rings (SSSR count). The average Bonchev–Trinajstić information content (AvgIpc) is 3.38. The van der Waals surface area contributed by atoms with E-state index in [2.05, 4.69) is 29.6 Å². The third-order valence-electron chi connectivity index (χ3n) is 6.00. The summed E-state index contributed by atoms with van der Waals surface area (Å²) < 4.78 is 34.3. The van der Waals surface area contributed by atoms with Gasteiger partial charge in [-0.3, -0.25) is 0 Å². The molecule has 3 aromatic rings. The van der Waals surface area contributed by atoms with Crippen molar-refractivity contribution in [2.45, 2.75) is 43.9 Å². The van der Waals surface area contributed by atoms with E-state index in [4.69, 9.17) is 4.74 Å². The van der Waals surface area contributed by atoms with Crippen molar-refractivity contribution in [1.82, 2.24) is 5.32 Å². The Balaban J connectivity index is 1.32. The molecular weight excluding hydrogens is 368 g/mol. The summed E-state index contributed by atoms with van der Waals surface area (Å²) in [6, 6.07) is 21.0. The Morgan fingerprint density at radius 3 is 2.59 bits per heavy atom. The standard InChI is InChI=1S/C25H23F2NO/c26-18-12-21(25(22(27)13-18)29-15-16-6-2-1-3-7-16)20-14-24(20)28-23-11-10-17-8-4-5-9-19(17)23/h1-9,12-13,20,23-24,28H,10-11,14-15H2. The monoisotopic (exact) mass is 391 g/mol. The zero-order chi connectivity index (χ0) is 19.8. The van der Waals surface area contributed by atoms with E-state index >= 15 is 0 Å². The van der Waals surface area contributed by atoms with Gasteiger partial charge in [0.1, 0.15) is 12.4 Å². The van der Waals surface area contributed by atoms with E-state index in [1.807, 2.05) is 30.3 Å². The third kappa shape index (κ3) is 3.77. The molecule has 2 aliphatic rings. The van der Waals surface area contributed by atoms with Gasteiger partial charge in [0, 0.05) is 29.6 Å². The minimum Gasteiger partial charge on any atom is -0.486 e. The second kappa shape index (κ2) is 7.60. The van der Waals surface area contributed by atoms with Gasteiger partial charge in [0.05, 0.1) is 0 Å². The van der Waals surface area contributed by atoms with Crippen molar-refractivity contribution < 1.29 is 13.5 Å². The van der Waals surface area contributed by atoms with E-state index in [9.17, 15) is 8.78 Å². The topological polar surface area (TPSA) is 21.3 Å². The largest absolute Gasteiger partial charge is 0.486 e. The number of nitrogens with one attached hydrogen (secondary N) is 1. The van der Waals surface area contributed by atoms with Crippen LogP contribution in [0.2, 0.25) is 0 Å². The van der Waals surface area contributed by atoms with Crippen molar-refractivity contribution in [3.05, 3.63) is 101 Å². The van der Waals surface area contributed by atoms with E-state index in [1.54, 1.807) is 0 Å². The summed E-state index contributed by atoms with van der Waals surface area (Å²) in [7, 11) is 0. The maximum absolute atomic E-state index is 14.5. The highest BCUT2D eigenvalue weighted by Gasteiger charge is 2.43. The molecule has 0 heterocycles. The van der Waals surface area contributed by atoms with Gasteiger partial charge in [-0.15, -0.1) is 0 Å². The number of ether oxygens (including phenoxy) is 1. The lowest BCUT2D eigenvalue weighted by atomic mass is 10.1. The lowest BCUT2D eigenvalue weighted by Crippen LogP contribution is -2.22. The Morgan fingerprint density at radius 1 is 0.931 bits per heavy atom. The molecule has 1 fully saturated rings. The first-order valence-electron chi connectivity index (χ1n) is 10.2. The third-order valence-corrected chi connectivity index (χ3v) is 6.00. The molecule has 0 aromatic heterocycles. The molecular formula is C25H23F2NO. The van der Waals surface area contributed by atoms with Crippen LogP contribution >= 0.6 is 0 Å². The molecule has 3 unspecified atom stereocenters. The number of hydrogen-bond acceptors (Lipinski definition) is 2. The molecule has 4 heteroatoms. The molecule has 3 aromatic carbocycles. The first kappa shape index (κ1) is 18.3. The maximum Gasteiger partial charge on any atom is 0.168 e. The highest BCUT2D eigenvalue weighted by atomic mass is 19.1. The van der Waals surface area contributed by atoms with E-state index in [1.165, 1.54) is 17.2 Å². The van der Waals surface area contributed by atoms with Gasteiger partial charge >= 0.3 is 0 Å². The van der Waals surface area contributed by atoms with E-state index < -0.39 is 11.6 Å². The molecule has 3 atom stereocenters. The van der Waals surface area contributed by atoms with E-state index in [-0.39, 0.29) is 24.3 Å². The van der Waals surface area contributed by atoms with Crippen molar-refractivity contribution >= 4 is 0 Å². The molecule has 2 aliphatic carbocycles. The van der Waals surface area contributed by atoms with Gasteiger partial charge in [0.15, 0.2) is 11.6 Å². The van der Waals surface area contributed by atoms with Crippen LogP contribution < -0.4 is 10.1 Å². The minimum absolute atomic E-state index is 0.0683. The summed E-state index contributed by atoms with van der Waals surface area (Å²) in [5, 5.41) is 3.70. The van der Waals surface area contributed by atoms with Crippen LogP contribution in [0.15, 0.2) is 66.7 Å². The molecule has 2 nitrogen and oxygen atoms in total. The van der Waals surface area contributed by atoms with Gasteiger partial charge < -0.3 is 10.1 Å². The predicted octanol–water partition coefficient (Wildman–Crippen LogP) is 5.68. The normalized spacial score (nSPS) is 22.3. The summed E-state index contributed by atoms with van der Waals surface area (Å²) in [4.78, 5) is 0.